The number of benzene rings is 1. The summed E-state index contributed by atoms with van der Waals surface area (Å²) in [6.45, 7) is 11.5. The molecule has 96 valence electrons. The van der Waals surface area contributed by atoms with E-state index in [1.807, 2.05) is 13.8 Å². The predicted molar refractivity (Wildman–Crippen MR) is 74.8 cm³/mol. The number of carbonyl (C=O) groups is 1. The number of phenols is 1. The minimum atomic E-state index is -0.187. The molecule has 0 heterocycles. The SMILES string of the molecule is C=C(C)CC(CC(=C)C)C(=O)c1ccccc1O. The van der Waals surface area contributed by atoms with Gasteiger partial charge < -0.3 is 5.11 Å². The summed E-state index contributed by atoms with van der Waals surface area (Å²) in [6, 6.07) is 6.65. The zero-order valence-corrected chi connectivity index (χ0v) is 11.1. The van der Waals surface area contributed by atoms with Crippen LogP contribution in [-0.4, -0.2) is 10.9 Å². The molecule has 1 aromatic carbocycles. The van der Waals surface area contributed by atoms with Crippen molar-refractivity contribution >= 4 is 5.78 Å². The fourth-order valence-corrected chi connectivity index (χ4v) is 2.00. The van der Waals surface area contributed by atoms with Gasteiger partial charge in [0.2, 0.25) is 0 Å². The van der Waals surface area contributed by atoms with Gasteiger partial charge in [-0.15, -0.1) is 13.2 Å². The molecule has 0 aliphatic heterocycles. The van der Waals surface area contributed by atoms with Crippen LogP contribution in [0.4, 0.5) is 0 Å². The van der Waals surface area contributed by atoms with Crippen molar-refractivity contribution in [3.8, 4) is 5.75 Å². The van der Waals surface area contributed by atoms with Crippen LogP contribution in [0.15, 0.2) is 48.6 Å². The summed E-state index contributed by atoms with van der Waals surface area (Å²) in [6.07, 6.45) is 1.25. The molecule has 1 aromatic rings. The van der Waals surface area contributed by atoms with Crippen LogP contribution in [0.3, 0.4) is 0 Å². The number of para-hydroxylation sites is 1. The molecule has 0 spiro atoms. The van der Waals surface area contributed by atoms with Crippen LogP contribution in [0.2, 0.25) is 0 Å². The highest BCUT2D eigenvalue weighted by Gasteiger charge is 2.22. The first-order valence-corrected chi connectivity index (χ1v) is 6.02. The highest BCUT2D eigenvalue weighted by atomic mass is 16.3. The summed E-state index contributed by atoms with van der Waals surface area (Å²) in [7, 11) is 0. The lowest BCUT2D eigenvalue weighted by Crippen LogP contribution is -2.16. The first kappa shape index (κ1) is 14.2. The maximum Gasteiger partial charge on any atom is 0.170 e. The molecule has 0 saturated carbocycles. The third-order valence-corrected chi connectivity index (χ3v) is 2.73. The van der Waals surface area contributed by atoms with Crippen LogP contribution in [-0.2, 0) is 0 Å². The topological polar surface area (TPSA) is 37.3 Å². The normalized spacial score (nSPS) is 10.4. The lowest BCUT2D eigenvalue weighted by molar-refractivity contribution is 0.0915. The number of carbonyl (C=O) groups excluding carboxylic acids is 1. The maximum atomic E-state index is 12.4. The van der Waals surface area contributed by atoms with Gasteiger partial charge in [-0.3, -0.25) is 4.79 Å². The van der Waals surface area contributed by atoms with E-state index >= 15 is 0 Å². The first-order chi connectivity index (χ1) is 8.41. The Morgan fingerprint density at radius 1 is 1.17 bits per heavy atom. The Morgan fingerprint density at radius 3 is 2.11 bits per heavy atom. The Hall–Kier alpha value is -1.83. The van der Waals surface area contributed by atoms with Crippen molar-refractivity contribution in [1.29, 1.82) is 0 Å². The average Bonchev–Trinajstić information content (AvgIpc) is 2.26. The molecule has 0 amide bonds. The minimum absolute atomic E-state index is 0.0379. The summed E-state index contributed by atoms with van der Waals surface area (Å²) in [5.74, 6) is -0.191. The molecule has 18 heavy (non-hydrogen) atoms. The fraction of sp³-hybridized carbons (Fsp3) is 0.312. The van der Waals surface area contributed by atoms with Gasteiger partial charge >= 0.3 is 0 Å². The van der Waals surface area contributed by atoms with E-state index in [9.17, 15) is 9.90 Å². The average molecular weight is 244 g/mol. The number of rotatable bonds is 6. The lowest BCUT2D eigenvalue weighted by atomic mass is 9.87. The number of ketones is 1. The van der Waals surface area contributed by atoms with Gasteiger partial charge in [0, 0.05) is 5.92 Å². The Morgan fingerprint density at radius 2 is 1.67 bits per heavy atom. The Bertz CT molecular complexity index is 456. The molecule has 0 saturated heterocycles. The van der Waals surface area contributed by atoms with Crippen LogP contribution in [0, 0.1) is 5.92 Å². The van der Waals surface area contributed by atoms with Crippen LogP contribution < -0.4 is 0 Å². The van der Waals surface area contributed by atoms with Gasteiger partial charge in [0.15, 0.2) is 5.78 Å². The summed E-state index contributed by atoms with van der Waals surface area (Å²) >= 11 is 0. The number of hydrogen-bond donors (Lipinski definition) is 1. The van der Waals surface area contributed by atoms with Gasteiger partial charge in [0.05, 0.1) is 5.56 Å². The molecular formula is C16H20O2. The summed E-state index contributed by atoms with van der Waals surface area (Å²) < 4.78 is 0. The van der Waals surface area contributed by atoms with Crippen LogP contribution in [0.5, 0.6) is 5.75 Å². The van der Waals surface area contributed by atoms with E-state index < -0.39 is 0 Å². The first-order valence-electron chi connectivity index (χ1n) is 6.02. The molecule has 0 unspecified atom stereocenters. The number of Topliss-reactive ketones (excluding diaryl/α,β-unsaturated/α-hetero) is 1. The fourth-order valence-electron chi connectivity index (χ4n) is 2.00. The molecule has 0 radical (unpaired) electrons. The third-order valence-electron chi connectivity index (χ3n) is 2.73. The van der Waals surface area contributed by atoms with Crippen molar-refractivity contribution in [2.75, 3.05) is 0 Å². The zero-order chi connectivity index (χ0) is 13.7. The number of phenolic OH excluding ortho intramolecular Hbond substituents is 1. The zero-order valence-electron chi connectivity index (χ0n) is 11.1. The predicted octanol–water partition coefficient (Wildman–Crippen LogP) is 4.12. The summed E-state index contributed by atoms with van der Waals surface area (Å²) in [5, 5.41) is 9.73. The minimum Gasteiger partial charge on any atom is -0.507 e. The largest absolute Gasteiger partial charge is 0.507 e. The molecule has 1 N–H and O–H groups in total. The van der Waals surface area contributed by atoms with Gasteiger partial charge in [-0.05, 0) is 38.8 Å². The van der Waals surface area contributed by atoms with E-state index in [1.165, 1.54) is 6.07 Å². The van der Waals surface area contributed by atoms with Gasteiger partial charge in [-0.2, -0.15) is 0 Å². The molecule has 2 nitrogen and oxygen atoms in total. The molecule has 0 aliphatic rings. The van der Waals surface area contributed by atoms with E-state index in [-0.39, 0.29) is 17.5 Å². The summed E-state index contributed by atoms with van der Waals surface area (Å²) in [4.78, 5) is 12.4. The van der Waals surface area contributed by atoms with Gasteiger partial charge in [-0.1, -0.05) is 23.3 Å². The number of allylic oxidation sites excluding steroid dienone is 2. The second-order valence-electron chi connectivity index (χ2n) is 4.90. The van der Waals surface area contributed by atoms with Gasteiger partial charge in [0.25, 0.3) is 0 Å². The Labute approximate surface area is 109 Å². The molecular weight excluding hydrogens is 224 g/mol. The van der Waals surface area contributed by atoms with E-state index in [2.05, 4.69) is 13.2 Å². The highest BCUT2D eigenvalue weighted by molar-refractivity contribution is 6.00. The van der Waals surface area contributed by atoms with Crippen molar-refractivity contribution in [3.63, 3.8) is 0 Å². The Balaban J connectivity index is 2.98. The van der Waals surface area contributed by atoms with Crippen molar-refractivity contribution in [1.82, 2.24) is 0 Å². The second kappa shape index (κ2) is 6.20. The lowest BCUT2D eigenvalue weighted by Gasteiger charge is -2.16. The number of hydrogen-bond acceptors (Lipinski definition) is 2. The highest BCUT2D eigenvalue weighted by Crippen LogP contribution is 2.26. The molecule has 1 rings (SSSR count). The number of aromatic hydroxyl groups is 1. The van der Waals surface area contributed by atoms with Crippen LogP contribution in [0.1, 0.15) is 37.0 Å². The summed E-state index contributed by atoms with van der Waals surface area (Å²) in [5.41, 5.74) is 2.31. The smallest absolute Gasteiger partial charge is 0.170 e. The van der Waals surface area contributed by atoms with Crippen molar-refractivity contribution < 1.29 is 9.90 Å². The standard InChI is InChI=1S/C16H20O2/c1-11(2)9-13(10-12(3)4)16(18)14-7-5-6-8-15(14)17/h5-8,13,17H,1,3,9-10H2,2,4H3. The van der Waals surface area contributed by atoms with E-state index in [0.717, 1.165) is 11.1 Å². The molecule has 0 fully saturated rings. The maximum absolute atomic E-state index is 12.4. The van der Waals surface area contributed by atoms with Gasteiger partial charge in [0.1, 0.15) is 5.75 Å². The van der Waals surface area contributed by atoms with Gasteiger partial charge in [-0.25, -0.2) is 0 Å². The molecule has 0 atom stereocenters. The second-order valence-corrected chi connectivity index (χ2v) is 4.90. The molecule has 0 aromatic heterocycles. The van der Waals surface area contributed by atoms with Crippen LogP contribution >= 0.6 is 0 Å². The Kier molecular flexibility index (Phi) is 4.90. The van der Waals surface area contributed by atoms with E-state index in [4.69, 9.17) is 0 Å². The molecule has 0 aliphatic carbocycles. The quantitative estimate of drug-likeness (QED) is 0.603. The van der Waals surface area contributed by atoms with Crippen molar-refractivity contribution in [2.24, 2.45) is 5.92 Å². The van der Waals surface area contributed by atoms with E-state index in [0.29, 0.717) is 18.4 Å². The van der Waals surface area contributed by atoms with Crippen molar-refractivity contribution in [2.45, 2.75) is 26.7 Å². The monoisotopic (exact) mass is 244 g/mol. The van der Waals surface area contributed by atoms with Crippen LogP contribution in [0.25, 0.3) is 0 Å². The van der Waals surface area contributed by atoms with E-state index in [1.54, 1.807) is 18.2 Å². The third kappa shape index (κ3) is 3.88. The molecule has 2 heteroatoms. The van der Waals surface area contributed by atoms with Crippen molar-refractivity contribution in [3.05, 3.63) is 54.1 Å². The molecule has 0 bridgehead atoms.